The number of carbonyl (C=O) groups excluding carboxylic acids is 1. The van der Waals surface area contributed by atoms with Gasteiger partial charge >= 0.3 is 0 Å². The number of nitro benzene ring substituents is 1. The fourth-order valence-corrected chi connectivity index (χ4v) is 3.98. The van der Waals surface area contributed by atoms with Crippen molar-refractivity contribution in [1.82, 2.24) is 14.8 Å². The maximum absolute atomic E-state index is 13.4. The molecule has 10 heteroatoms. The van der Waals surface area contributed by atoms with Crippen molar-refractivity contribution in [3.63, 3.8) is 0 Å². The minimum Gasteiger partial charge on any atom is -0.325 e. The van der Waals surface area contributed by atoms with Crippen LogP contribution >= 0.6 is 11.8 Å². The van der Waals surface area contributed by atoms with Crippen molar-refractivity contribution in [1.29, 1.82) is 0 Å². The van der Waals surface area contributed by atoms with Crippen molar-refractivity contribution in [2.45, 2.75) is 12.1 Å². The molecule has 0 atom stereocenters. The lowest BCUT2D eigenvalue weighted by molar-refractivity contribution is -0.385. The molecular formula is C23H18FN5O3S. The SMILES string of the molecule is Cc1c(NC(=O)CSc2nnc(-c3ccc(F)cc3)n2-c2ccccc2)cccc1[N+](=O)[O-]. The zero-order valence-electron chi connectivity index (χ0n) is 17.4. The van der Waals surface area contributed by atoms with E-state index in [1.807, 2.05) is 30.3 Å². The summed E-state index contributed by atoms with van der Waals surface area (Å²) in [6, 6.07) is 19.8. The first-order valence-electron chi connectivity index (χ1n) is 9.87. The highest BCUT2D eigenvalue weighted by Gasteiger charge is 2.19. The summed E-state index contributed by atoms with van der Waals surface area (Å²) in [4.78, 5) is 23.2. The lowest BCUT2D eigenvalue weighted by Crippen LogP contribution is -2.15. The third kappa shape index (κ3) is 4.90. The Morgan fingerprint density at radius 3 is 2.48 bits per heavy atom. The molecule has 0 radical (unpaired) electrons. The number of nitrogens with zero attached hydrogens (tertiary/aromatic N) is 4. The molecule has 0 saturated heterocycles. The summed E-state index contributed by atoms with van der Waals surface area (Å²) >= 11 is 1.17. The lowest BCUT2D eigenvalue weighted by atomic mass is 10.1. The second-order valence-corrected chi connectivity index (χ2v) is 7.97. The fourth-order valence-electron chi connectivity index (χ4n) is 3.23. The van der Waals surface area contributed by atoms with E-state index in [2.05, 4.69) is 15.5 Å². The van der Waals surface area contributed by atoms with Crippen LogP contribution in [0, 0.1) is 22.9 Å². The van der Waals surface area contributed by atoms with Crippen LogP contribution < -0.4 is 5.32 Å². The van der Waals surface area contributed by atoms with Gasteiger partial charge in [-0.1, -0.05) is 36.0 Å². The summed E-state index contributed by atoms with van der Waals surface area (Å²) in [6.07, 6.45) is 0. The molecule has 0 unspecified atom stereocenters. The highest BCUT2D eigenvalue weighted by molar-refractivity contribution is 7.99. The number of para-hydroxylation sites is 1. The second kappa shape index (κ2) is 9.61. The van der Waals surface area contributed by atoms with Gasteiger partial charge in [0, 0.05) is 17.3 Å². The minimum atomic E-state index is -0.487. The third-order valence-electron chi connectivity index (χ3n) is 4.86. The Balaban J connectivity index is 1.57. The van der Waals surface area contributed by atoms with Crippen LogP contribution in [0.15, 0.2) is 78.0 Å². The Morgan fingerprint density at radius 1 is 1.06 bits per heavy atom. The molecule has 3 aromatic carbocycles. The molecule has 1 heterocycles. The number of halogens is 1. The molecule has 8 nitrogen and oxygen atoms in total. The smallest absolute Gasteiger partial charge is 0.274 e. The van der Waals surface area contributed by atoms with Crippen LogP contribution in [-0.4, -0.2) is 31.3 Å². The number of rotatable bonds is 7. The zero-order valence-corrected chi connectivity index (χ0v) is 18.3. The van der Waals surface area contributed by atoms with Gasteiger partial charge < -0.3 is 5.32 Å². The molecule has 1 aromatic heterocycles. The number of thioether (sulfide) groups is 1. The Morgan fingerprint density at radius 2 is 1.79 bits per heavy atom. The van der Waals surface area contributed by atoms with Gasteiger partial charge in [-0.2, -0.15) is 0 Å². The van der Waals surface area contributed by atoms with Crippen molar-refractivity contribution in [3.8, 4) is 17.1 Å². The number of amides is 1. The number of hydrogen-bond donors (Lipinski definition) is 1. The minimum absolute atomic E-state index is 0.0104. The quantitative estimate of drug-likeness (QED) is 0.234. The standard InChI is InChI=1S/C23H18FN5O3S/c1-15-19(8-5-9-20(15)29(31)32)25-21(30)14-33-23-27-26-22(16-10-12-17(24)13-11-16)28(23)18-6-3-2-4-7-18/h2-13H,14H2,1H3,(H,25,30). The molecule has 0 aliphatic rings. The van der Waals surface area contributed by atoms with E-state index in [0.29, 0.717) is 27.8 Å². The van der Waals surface area contributed by atoms with Gasteiger partial charge in [0.15, 0.2) is 11.0 Å². The summed E-state index contributed by atoms with van der Waals surface area (Å²) in [6.45, 7) is 1.59. The third-order valence-corrected chi connectivity index (χ3v) is 5.79. The van der Waals surface area contributed by atoms with Crippen LogP contribution in [0.25, 0.3) is 17.1 Å². The number of benzene rings is 3. The summed E-state index contributed by atoms with van der Waals surface area (Å²) in [5, 5.41) is 22.8. The first kappa shape index (κ1) is 22.2. The molecule has 4 rings (SSSR count). The summed E-state index contributed by atoms with van der Waals surface area (Å²) in [7, 11) is 0. The fraction of sp³-hybridized carbons (Fsp3) is 0.0870. The van der Waals surface area contributed by atoms with E-state index in [1.54, 1.807) is 29.7 Å². The highest BCUT2D eigenvalue weighted by Crippen LogP contribution is 2.29. The number of nitrogens with one attached hydrogen (secondary N) is 1. The second-order valence-electron chi connectivity index (χ2n) is 7.03. The Hall–Kier alpha value is -4.05. The van der Waals surface area contributed by atoms with E-state index < -0.39 is 4.92 Å². The van der Waals surface area contributed by atoms with Gasteiger partial charge in [-0.15, -0.1) is 10.2 Å². The highest BCUT2D eigenvalue weighted by atomic mass is 32.2. The summed E-state index contributed by atoms with van der Waals surface area (Å²) in [5.74, 6) is -0.170. The molecule has 33 heavy (non-hydrogen) atoms. The first-order chi connectivity index (χ1) is 15.9. The van der Waals surface area contributed by atoms with E-state index in [-0.39, 0.29) is 23.2 Å². The van der Waals surface area contributed by atoms with Crippen molar-refractivity contribution in [2.75, 3.05) is 11.1 Å². The van der Waals surface area contributed by atoms with Crippen LogP contribution in [0.3, 0.4) is 0 Å². The molecule has 0 fully saturated rings. The summed E-state index contributed by atoms with van der Waals surface area (Å²) in [5.41, 5.74) is 2.17. The number of carbonyl (C=O) groups is 1. The van der Waals surface area contributed by atoms with E-state index >= 15 is 0 Å². The molecule has 0 spiro atoms. The van der Waals surface area contributed by atoms with E-state index in [9.17, 15) is 19.3 Å². The lowest BCUT2D eigenvalue weighted by Gasteiger charge is -2.11. The van der Waals surface area contributed by atoms with Gasteiger partial charge in [-0.3, -0.25) is 19.5 Å². The molecule has 4 aromatic rings. The van der Waals surface area contributed by atoms with Gasteiger partial charge in [0.2, 0.25) is 5.91 Å². The van der Waals surface area contributed by atoms with Crippen LogP contribution in [0.2, 0.25) is 0 Å². The number of hydrogen-bond acceptors (Lipinski definition) is 6. The Bertz CT molecular complexity index is 1310. The predicted molar refractivity (Wildman–Crippen MR) is 124 cm³/mol. The van der Waals surface area contributed by atoms with Gasteiger partial charge in [0.1, 0.15) is 5.82 Å². The maximum atomic E-state index is 13.4. The molecule has 0 aliphatic carbocycles. The average molecular weight is 463 g/mol. The van der Waals surface area contributed by atoms with Crippen molar-refractivity contribution in [3.05, 3.63) is 94.3 Å². The molecule has 166 valence electrons. The number of anilines is 1. The summed E-state index contributed by atoms with van der Waals surface area (Å²) < 4.78 is 15.2. The van der Waals surface area contributed by atoms with Crippen LogP contribution in [0.5, 0.6) is 0 Å². The molecular weight excluding hydrogens is 445 g/mol. The molecule has 0 saturated carbocycles. The van der Waals surface area contributed by atoms with Crippen molar-refractivity contribution >= 4 is 29.0 Å². The van der Waals surface area contributed by atoms with Crippen LogP contribution in [-0.2, 0) is 4.79 Å². The van der Waals surface area contributed by atoms with E-state index in [4.69, 9.17) is 0 Å². The Labute approximate surface area is 192 Å². The number of nitro groups is 1. The largest absolute Gasteiger partial charge is 0.325 e. The normalized spacial score (nSPS) is 10.7. The van der Waals surface area contributed by atoms with Gasteiger partial charge in [0.05, 0.1) is 21.9 Å². The molecule has 0 bridgehead atoms. The van der Waals surface area contributed by atoms with Crippen molar-refractivity contribution < 1.29 is 14.1 Å². The van der Waals surface area contributed by atoms with Crippen molar-refractivity contribution in [2.24, 2.45) is 0 Å². The van der Waals surface area contributed by atoms with E-state index in [1.165, 1.54) is 36.0 Å². The topological polar surface area (TPSA) is 103 Å². The predicted octanol–water partition coefficient (Wildman–Crippen LogP) is 5.02. The van der Waals surface area contributed by atoms with E-state index in [0.717, 1.165) is 5.69 Å². The maximum Gasteiger partial charge on any atom is 0.274 e. The number of aromatic nitrogens is 3. The molecule has 0 aliphatic heterocycles. The molecule has 1 N–H and O–H groups in total. The van der Waals surface area contributed by atoms with Gasteiger partial charge in [0.25, 0.3) is 5.69 Å². The molecule has 1 amide bonds. The Kier molecular flexibility index (Phi) is 6.45. The van der Waals surface area contributed by atoms with Gasteiger partial charge in [-0.05, 0) is 49.4 Å². The van der Waals surface area contributed by atoms with Crippen LogP contribution in [0.1, 0.15) is 5.56 Å². The zero-order chi connectivity index (χ0) is 23.4. The van der Waals surface area contributed by atoms with Crippen LogP contribution in [0.4, 0.5) is 15.8 Å². The average Bonchev–Trinajstić information content (AvgIpc) is 3.24. The monoisotopic (exact) mass is 463 g/mol. The van der Waals surface area contributed by atoms with Gasteiger partial charge in [-0.25, -0.2) is 4.39 Å². The first-order valence-corrected chi connectivity index (χ1v) is 10.9.